The van der Waals surface area contributed by atoms with Crippen LogP contribution in [0.5, 0.6) is 11.5 Å². The second-order valence-corrected chi connectivity index (χ2v) is 3.82. The molecule has 4 nitrogen and oxygen atoms in total. The van der Waals surface area contributed by atoms with E-state index in [9.17, 15) is 9.59 Å². The molecule has 0 unspecified atom stereocenters. The fourth-order valence-corrected chi connectivity index (χ4v) is 1.49. The zero-order valence-electron chi connectivity index (χ0n) is 8.81. The summed E-state index contributed by atoms with van der Waals surface area (Å²) in [5.74, 6) is 0.973. The smallest absolute Gasteiger partial charge is 0.231 e. The summed E-state index contributed by atoms with van der Waals surface area (Å²) in [7, 11) is 0. The molecule has 1 aliphatic heterocycles. The molecule has 17 heavy (non-hydrogen) atoms. The van der Waals surface area contributed by atoms with Crippen LogP contribution in [-0.2, 0) is 4.79 Å². The molecule has 0 aromatic heterocycles. The molecule has 0 radical (unpaired) electrons. The Labute approximate surface area is 103 Å². The van der Waals surface area contributed by atoms with Gasteiger partial charge in [-0.1, -0.05) is 6.08 Å². The first-order chi connectivity index (χ1) is 8.16. The number of carbonyl (C=O) groups is 2. The second kappa shape index (κ2) is 5.01. The summed E-state index contributed by atoms with van der Waals surface area (Å²) >= 11 is 5.15. The lowest BCUT2D eigenvalue weighted by molar-refractivity contribution is -0.110. The van der Waals surface area contributed by atoms with Crippen LogP contribution in [0.4, 0.5) is 0 Å². The van der Waals surface area contributed by atoms with Crippen LogP contribution in [-0.4, -0.2) is 17.8 Å². The van der Waals surface area contributed by atoms with Gasteiger partial charge in [0.25, 0.3) is 0 Å². The van der Waals surface area contributed by atoms with Crippen molar-refractivity contribution in [1.29, 1.82) is 0 Å². The Morgan fingerprint density at radius 1 is 1.29 bits per heavy atom. The molecule has 0 N–H and O–H groups in total. The van der Waals surface area contributed by atoms with Gasteiger partial charge < -0.3 is 9.47 Å². The van der Waals surface area contributed by atoms with Gasteiger partial charge >= 0.3 is 0 Å². The molecule has 2 rings (SSSR count). The minimum absolute atomic E-state index is 0.0395. The van der Waals surface area contributed by atoms with Crippen molar-refractivity contribution in [3.63, 3.8) is 0 Å². The highest BCUT2D eigenvalue weighted by Gasteiger charge is 2.14. The average Bonchev–Trinajstić information content (AvgIpc) is 2.75. The number of ether oxygens (including phenoxy) is 2. The van der Waals surface area contributed by atoms with Gasteiger partial charge in [0.2, 0.25) is 12.0 Å². The van der Waals surface area contributed by atoms with E-state index in [2.05, 4.69) is 0 Å². The normalized spacial score (nSPS) is 13.0. The van der Waals surface area contributed by atoms with E-state index in [1.165, 1.54) is 12.2 Å². The van der Waals surface area contributed by atoms with Crippen LogP contribution >= 0.6 is 11.6 Å². The van der Waals surface area contributed by atoms with Crippen LogP contribution in [0.25, 0.3) is 0 Å². The third kappa shape index (κ3) is 2.85. The highest BCUT2D eigenvalue weighted by atomic mass is 35.5. The average molecular weight is 253 g/mol. The standard InChI is InChI=1S/C12H9ClO4/c13-12(15)3-1-2-9(14)8-4-5-10-11(6-8)17-7-16-10/h1-2,4-6H,3,7H2. The van der Waals surface area contributed by atoms with Gasteiger partial charge in [-0.2, -0.15) is 0 Å². The number of rotatable bonds is 4. The van der Waals surface area contributed by atoms with Crippen LogP contribution in [0.1, 0.15) is 16.8 Å². The number of hydrogen-bond acceptors (Lipinski definition) is 4. The van der Waals surface area contributed by atoms with Crippen molar-refractivity contribution in [2.75, 3.05) is 6.79 Å². The number of benzene rings is 1. The maximum Gasteiger partial charge on any atom is 0.231 e. The van der Waals surface area contributed by atoms with Crippen LogP contribution in [0, 0.1) is 0 Å². The first-order valence-electron chi connectivity index (χ1n) is 4.95. The molecular formula is C12H9ClO4. The molecule has 1 heterocycles. The van der Waals surface area contributed by atoms with Gasteiger partial charge in [-0.05, 0) is 35.9 Å². The molecule has 0 spiro atoms. The Hall–Kier alpha value is -1.81. The first kappa shape index (κ1) is 11.7. The van der Waals surface area contributed by atoms with Crippen molar-refractivity contribution in [3.8, 4) is 11.5 Å². The molecule has 0 saturated heterocycles. The third-order valence-electron chi connectivity index (χ3n) is 2.20. The van der Waals surface area contributed by atoms with Crippen LogP contribution < -0.4 is 9.47 Å². The van der Waals surface area contributed by atoms with Gasteiger partial charge in [-0.3, -0.25) is 9.59 Å². The van der Waals surface area contributed by atoms with Gasteiger partial charge in [0.1, 0.15) is 0 Å². The van der Waals surface area contributed by atoms with Crippen LogP contribution in [0.3, 0.4) is 0 Å². The van der Waals surface area contributed by atoms with Crippen molar-refractivity contribution in [2.24, 2.45) is 0 Å². The summed E-state index contributed by atoms with van der Waals surface area (Å²) in [6.07, 6.45) is 2.79. The molecule has 1 aromatic rings. The fourth-order valence-electron chi connectivity index (χ4n) is 1.40. The minimum atomic E-state index is -0.500. The number of halogens is 1. The quantitative estimate of drug-likeness (QED) is 0.469. The van der Waals surface area contributed by atoms with E-state index in [1.807, 2.05) is 0 Å². The number of carbonyl (C=O) groups excluding carboxylic acids is 2. The third-order valence-corrected chi connectivity index (χ3v) is 2.36. The second-order valence-electron chi connectivity index (χ2n) is 3.39. The van der Waals surface area contributed by atoms with E-state index >= 15 is 0 Å². The molecule has 5 heteroatoms. The highest BCUT2D eigenvalue weighted by Crippen LogP contribution is 2.32. The molecule has 0 fully saturated rings. The van der Waals surface area contributed by atoms with Gasteiger partial charge in [-0.15, -0.1) is 0 Å². The number of ketones is 1. The summed E-state index contributed by atoms with van der Waals surface area (Å²) in [6.45, 7) is 0.170. The van der Waals surface area contributed by atoms with E-state index in [0.29, 0.717) is 17.1 Å². The molecule has 88 valence electrons. The molecule has 0 atom stereocenters. The molecule has 0 aliphatic carbocycles. The summed E-state index contributed by atoms with van der Waals surface area (Å²) in [6, 6.07) is 4.93. The summed E-state index contributed by atoms with van der Waals surface area (Å²) < 4.78 is 10.3. The monoisotopic (exact) mass is 252 g/mol. The van der Waals surface area contributed by atoms with Gasteiger partial charge in [0, 0.05) is 12.0 Å². The summed E-state index contributed by atoms with van der Waals surface area (Å²) in [4.78, 5) is 22.2. The topological polar surface area (TPSA) is 52.6 Å². The minimum Gasteiger partial charge on any atom is -0.454 e. The zero-order valence-corrected chi connectivity index (χ0v) is 9.57. The Kier molecular flexibility index (Phi) is 3.44. The molecule has 0 bridgehead atoms. The number of hydrogen-bond donors (Lipinski definition) is 0. The van der Waals surface area contributed by atoms with E-state index < -0.39 is 5.24 Å². The highest BCUT2D eigenvalue weighted by molar-refractivity contribution is 6.63. The van der Waals surface area contributed by atoms with Crippen LogP contribution in [0.15, 0.2) is 30.4 Å². The van der Waals surface area contributed by atoms with Crippen LogP contribution in [0.2, 0.25) is 0 Å². The molecular weight excluding hydrogens is 244 g/mol. The van der Waals surface area contributed by atoms with E-state index in [0.717, 1.165) is 0 Å². The largest absolute Gasteiger partial charge is 0.454 e. The Balaban J connectivity index is 2.09. The van der Waals surface area contributed by atoms with Crippen molar-refractivity contribution in [3.05, 3.63) is 35.9 Å². The molecule has 0 amide bonds. The van der Waals surface area contributed by atoms with Crippen molar-refractivity contribution >= 4 is 22.6 Å². The molecule has 0 saturated carbocycles. The lowest BCUT2D eigenvalue weighted by Crippen LogP contribution is -1.95. The van der Waals surface area contributed by atoms with E-state index in [4.69, 9.17) is 21.1 Å². The summed E-state index contributed by atoms with van der Waals surface area (Å²) in [5, 5.41) is -0.500. The Bertz CT molecular complexity index is 493. The first-order valence-corrected chi connectivity index (χ1v) is 5.33. The van der Waals surface area contributed by atoms with E-state index in [1.54, 1.807) is 18.2 Å². The van der Waals surface area contributed by atoms with Crippen molar-refractivity contribution in [2.45, 2.75) is 6.42 Å². The lowest BCUT2D eigenvalue weighted by Gasteiger charge is -1.98. The number of allylic oxidation sites excluding steroid dienone is 2. The lowest BCUT2D eigenvalue weighted by atomic mass is 10.1. The van der Waals surface area contributed by atoms with Gasteiger partial charge in [0.05, 0.1) is 0 Å². The van der Waals surface area contributed by atoms with Gasteiger partial charge in [-0.25, -0.2) is 0 Å². The maximum atomic E-state index is 11.7. The number of fused-ring (bicyclic) bond motifs is 1. The fraction of sp³-hybridized carbons (Fsp3) is 0.167. The maximum absolute atomic E-state index is 11.7. The zero-order chi connectivity index (χ0) is 12.3. The summed E-state index contributed by atoms with van der Waals surface area (Å²) in [5.41, 5.74) is 0.479. The van der Waals surface area contributed by atoms with E-state index in [-0.39, 0.29) is 19.0 Å². The van der Waals surface area contributed by atoms with Crippen molar-refractivity contribution < 1.29 is 19.1 Å². The molecule has 1 aliphatic rings. The predicted molar refractivity (Wildman–Crippen MR) is 61.5 cm³/mol. The molecule has 1 aromatic carbocycles. The van der Waals surface area contributed by atoms with Crippen molar-refractivity contribution in [1.82, 2.24) is 0 Å². The SMILES string of the molecule is O=C(Cl)CC=CC(=O)c1ccc2c(c1)OCO2. The van der Waals surface area contributed by atoms with Gasteiger partial charge in [0.15, 0.2) is 17.3 Å². The Morgan fingerprint density at radius 3 is 2.82 bits per heavy atom. The predicted octanol–water partition coefficient (Wildman–Crippen LogP) is 2.31. The Morgan fingerprint density at radius 2 is 2.06 bits per heavy atom.